The molecule has 0 spiro atoms. The van der Waals surface area contributed by atoms with Crippen LogP contribution in [0.15, 0.2) is 84.9 Å². The molecule has 0 saturated heterocycles. The van der Waals surface area contributed by atoms with Gasteiger partial charge in [-0.25, -0.2) is 0 Å². The van der Waals surface area contributed by atoms with Crippen molar-refractivity contribution in [3.05, 3.63) is 96.1 Å². The zero-order chi connectivity index (χ0) is 20.4. The summed E-state index contributed by atoms with van der Waals surface area (Å²) < 4.78 is 6.35. The highest BCUT2D eigenvalue weighted by Gasteiger charge is 2.15. The molecule has 0 amide bonds. The Morgan fingerprint density at radius 2 is 0.931 bits per heavy atom. The molecule has 3 heteroatoms. The number of hydrogen-bond donors (Lipinski definition) is 2. The van der Waals surface area contributed by atoms with E-state index in [0.29, 0.717) is 11.5 Å². The third-order valence-electron chi connectivity index (χ3n) is 5.02. The Labute approximate surface area is 170 Å². The standard InChI is InChI=1S/C26H22O3/c1-17-7-3-5-9-21(17)23-15-19(27)11-13-25(23)29-26-14-12-20(28)16-24(26)22-10-6-4-8-18(22)2/h3-16,27-28H,1-2H3. The Kier molecular flexibility index (Phi) is 4.96. The number of aryl methyl sites for hydroxylation is 2. The van der Waals surface area contributed by atoms with Gasteiger partial charge in [0.1, 0.15) is 23.0 Å². The Bertz CT molecular complexity index is 1090. The second-order valence-electron chi connectivity index (χ2n) is 7.09. The highest BCUT2D eigenvalue weighted by atomic mass is 16.5. The van der Waals surface area contributed by atoms with Crippen LogP contribution in [-0.4, -0.2) is 10.2 Å². The minimum atomic E-state index is 0.181. The maximum absolute atomic E-state index is 10.1. The van der Waals surface area contributed by atoms with E-state index in [2.05, 4.69) is 0 Å². The van der Waals surface area contributed by atoms with Crippen molar-refractivity contribution < 1.29 is 14.9 Å². The van der Waals surface area contributed by atoms with Crippen LogP contribution in [0.4, 0.5) is 0 Å². The molecule has 3 nitrogen and oxygen atoms in total. The van der Waals surface area contributed by atoms with Crippen LogP contribution in [0.1, 0.15) is 11.1 Å². The van der Waals surface area contributed by atoms with Crippen molar-refractivity contribution in [1.29, 1.82) is 0 Å². The van der Waals surface area contributed by atoms with Gasteiger partial charge in [-0.05, 0) is 72.5 Å². The molecule has 0 saturated carbocycles. The summed E-state index contributed by atoms with van der Waals surface area (Å²) in [6, 6.07) is 26.2. The van der Waals surface area contributed by atoms with Crippen LogP contribution in [0.5, 0.6) is 23.0 Å². The lowest BCUT2D eigenvalue weighted by atomic mass is 9.98. The minimum Gasteiger partial charge on any atom is -0.508 e. The molecule has 0 aliphatic rings. The van der Waals surface area contributed by atoms with Crippen LogP contribution in [0.2, 0.25) is 0 Å². The summed E-state index contributed by atoms with van der Waals surface area (Å²) in [7, 11) is 0. The van der Waals surface area contributed by atoms with E-state index in [-0.39, 0.29) is 11.5 Å². The van der Waals surface area contributed by atoms with Gasteiger partial charge in [0.05, 0.1) is 0 Å². The molecular formula is C26H22O3. The van der Waals surface area contributed by atoms with Gasteiger partial charge in [-0.15, -0.1) is 0 Å². The van der Waals surface area contributed by atoms with Gasteiger partial charge in [-0.1, -0.05) is 48.5 Å². The Morgan fingerprint density at radius 1 is 0.517 bits per heavy atom. The average Bonchev–Trinajstić information content (AvgIpc) is 2.71. The average molecular weight is 382 g/mol. The van der Waals surface area contributed by atoms with Crippen molar-refractivity contribution in [3.8, 4) is 45.3 Å². The minimum absolute atomic E-state index is 0.181. The van der Waals surface area contributed by atoms with Crippen LogP contribution >= 0.6 is 0 Å². The van der Waals surface area contributed by atoms with Gasteiger partial charge in [0.25, 0.3) is 0 Å². The topological polar surface area (TPSA) is 49.7 Å². The number of aromatic hydroxyl groups is 2. The molecular weight excluding hydrogens is 360 g/mol. The second-order valence-corrected chi connectivity index (χ2v) is 7.09. The first-order valence-corrected chi connectivity index (χ1v) is 9.49. The van der Waals surface area contributed by atoms with Crippen LogP contribution in [-0.2, 0) is 0 Å². The van der Waals surface area contributed by atoms with Gasteiger partial charge in [0.2, 0.25) is 0 Å². The van der Waals surface area contributed by atoms with E-state index in [1.54, 1.807) is 36.4 Å². The van der Waals surface area contributed by atoms with Crippen molar-refractivity contribution in [1.82, 2.24) is 0 Å². The van der Waals surface area contributed by atoms with Crippen molar-refractivity contribution in [3.63, 3.8) is 0 Å². The first-order chi connectivity index (χ1) is 14.0. The second kappa shape index (κ2) is 7.72. The van der Waals surface area contributed by atoms with Gasteiger partial charge >= 0.3 is 0 Å². The van der Waals surface area contributed by atoms with Crippen LogP contribution in [0, 0.1) is 13.8 Å². The van der Waals surface area contributed by atoms with E-state index in [1.165, 1.54) is 0 Å². The van der Waals surface area contributed by atoms with Crippen molar-refractivity contribution >= 4 is 0 Å². The fourth-order valence-electron chi connectivity index (χ4n) is 3.50. The molecule has 0 radical (unpaired) electrons. The SMILES string of the molecule is Cc1ccccc1-c1cc(O)ccc1Oc1ccc(O)cc1-c1ccccc1C. The van der Waals surface area contributed by atoms with Crippen LogP contribution < -0.4 is 4.74 Å². The number of phenols is 2. The third-order valence-corrected chi connectivity index (χ3v) is 5.02. The maximum Gasteiger partial charge on any atom is 0.135 e. The number of rotatable bonds is 4. The van der Waals surface area contributed by atoms with E-state index in [1.807, 2.05) is 62.4 Å². The van der Waals surface area contributed by atoms with Gasteiger partial charge in [0, 0.05) is 11.1 Å². The summed E-state index contributed by atoms with van der Waals surface area (Å²) in [4.78, 5) is 0. The molecule has 144 valence electrons. The van der Waals surface area contributed by atoms with Gasteiger partial charge < -0.3 is 14.9 Å². The normalized spacial score (nSPS) is 10.7. The molecule has 4 aromatic carbocycles. The molecule has 0 fully saturated rings. The van der Waals surface area contributed by atoms with Crippen LogP contribution in [0.3, 0.4) is 0 Å². The number of benzene rings is 4. The largest absolute Gasteiger partial charge is 0.508 e. The monoisotopic (exact) mass is 382 g/mol. The quantitative estimate of drug-likeness (QED) is 0.406. The number of phenolic OH excluding ortho intramolecular Hbond substituents is 2. The molecule has 0 atom stereocenters. The Balaban J connectivity index is 1.85. The van der Waals surface area contributed by atoms with Gasteiger partial charge in [0.15, 0.2) is 0 Å². The Morgan fingerprint density at radius 3 is 1.34 bits per heavy atom. The molecule has 0 bridgehead atoms. The van der Waals surface area contributed by atoms with E-state index in [4.69, 9.17) is 4.74 Å². The molecule has 29 heavy (non-hydrogen) atoms. The summed E-state index contributed by atoms with van der Waals surface area (Å²) >= 11 is 0. The molecule has 4 aromatic rings. The van der Waals surface area contributed by atoms with E-state index < -0.39 is 0 Å². The molecule has 0 unspecified atom stereocenters. The summed E-state index contributed by atoms with van der Waals surface area (Å²) in [5.74, 6) is 1.64. The van der Waals surface area contributed by atoms with Crippen molar-refractivity contribution in [2.24, 2.45) is 0 Å². The van der Waals surface area contributed by atoms with E-state index in [0.717, 1.165) is 33.4 Å². The van der Waals surface area contributed by atoms with Gasteiger partial charge in [-0.3, -0.25) is 0 Å². The van der Waals surface area contributed by atoms with E-state index >= 15 is 0 Å². The fourth-order valence-corrected chi connectivity index (χ4v) is 3.50. The fraction of sp³-hybridized carbons (Fsp3) is 0.0769. The van der Waals surface area contributed by atoms with E-state index in [9.17, 15) is 10.2 Å². The lowest BCUT2D eigenvalue weighted by molar-refractivity contribution is 0.461. The zero-order valence-corrected chi connectivity index (χ0v) is 16.4. The highest BCUT2D eigenvalue weighted by molar-refractivity contribution is 5.78. The molecule has 0 aliphatic heterocycles. The van der Waals surface area contributed by atoms with Crippen molar-refractivity contribution in [2.45, 2.75) is 13.8 Å². The summed E-state index contributed by atoms with van der Waals surface area (Å²) in [5.41, 5.74) is 5.80. The molecule has 0 aliphatic carbocycles. The zero-order valence-electron chi connectivity index (χ0n) is 16.4. The third kappa shape index (κ3) is 3.81. The van der Waals surface area contributed by atoms with Crippen molar-refractivity contribution in [2.75, 3.05) is 0 Å². The summed E-state index contributed by atoms with van der Waals surface area (Å²) in [5, 5.41) is 20.1. The molecule has 4 rings (SSSR count). The number of ether oxygens (including phenoxy) is 1. The highest BCUT2D eigenvalue weighted by Crippen LogP contribution is 2.41. The maximum atomic E-state index is 10.1. The van der Waals surface area contributed by atoms with Gasteiger partial charge in [-0.2, -0.15) is 0 Å². The predicted octanol–water partition coefficient (Wildman–Crippen LogP) is 6.84. The first kappa shape index (κ1) is 18.6. The summed E-state index contributed by atoms with van der Waals surface area (Å²) in [6.45, 7) is 4.06. The predicted molar refractivity (Wildman–Crippen MR) is 117 cm³/mol. The van der Waals surface area contributed by atoms with Crippen LogP contribution in [0.25, 0.3) is 22.3 Å². The Hall–Kier alpha value is -3.72. The molecule has 2 N–H and O–H groups in total. The summed E-state index contributed by atoms with van der Waals surface area (Å²) in [6.07, 6.45) is 0. The number of hydrogen-bond acceptors (Lipinski definition) is 3. The lowest BCUT2D eigenvalue weighted by Crippen LogP contribution is -1.93. The first-order valence-electron chi connectivity index (χ1n) is 9.49. The molecule has 0 heterocycles. The molecule has 0 aromatic heterocycles. The lowest BCUT2D eigenvalue weighted by Gasteiger charge is -2.17. The smallest absolute Gasteiger partial charge is 0.135 e.